The number of anilines is 2. The van der Waals surface area contributed by atoms with E-state index in [2.05, 4.69) is 30.5 Å². The highest BCUT2D eigenvalue weighted by molar-refractivity contribution is 7.88. The van der Waals surface area contributed by atoms with Crippen LogP contribution in [0.1, 0.15) is 20.8 Å². The van der Waals surface area contributed by atoms with Crippen LogP contribution < -0.4 is 15.4 Å². The Bertz CT molecular complexity index is 1300. The zero-order chi connectivity index (χ0) is 24.2. The molecular formula is C18H17F2N7O5S. The van der Waals surface area contributed by atoms with Crippen LogP contribution >= 0.6 is 0 Å². The molecule has 12 nitrogen and oxygen atoms in total. The smallest absolute Gasteiger partial charge is 0.337 e. The van der Waals surface area contributed by atoms with Gasteiger partial charge >= 0.3 is 5.97 Å². The number of imidazole rings is 1. The van der Waals surface area contributed by atoms with Crippen LogP contribution in [-0.2, 0) is 10.0 Å². The molecule has 0 fully saturated rings. The molecule has 0 spiro atoms. The summed E-state index contributed by atoms with van der Waals surface area (Å²) in [5.41, 5.74) is -1.14. The minimum atomic E-state index is -3.41. The van der Waals surface area contributed by atoms with Crippen LogP contribution in [0.4, 0.5) is 20.2 Å². The highest BCUT2D eigenvalue weighted by Gasteiger charge is 2.20. The van der Waals surface area contributed by atoms with Gasteiger partial charge in [-0.1, -0.05) is 0 Å². The lowest BCUT2D eigenvalue weighted by Crippen LogP contribution is -2.28. The van der Waals surface area contributed by atoms with E-state index in [9.17, 15) is 31.9 Å². The van der Waals surface area contributed by atoms with Crippen molar-refractivity contribution >= 4 is 33.3 Å². The van der Waals surface area contributed by atoms with Gasteiger partial charge in [-0.3, -0.25) is 9.36 Å². The topological polar surface area (TPSA) is 168 Å². The maximum absolute atomic E-state index is 13.6. The van der Waals surface area contributed by atoms with Gasteiger partial charge in [0, 0.05) is 31.5 Å². The van der Waals surface area contributed by atoms with E-state index in [1.807, 2.05) is 0 Å². The summed E-state index contributed by atoms with van der Waals surface area (Å²) in [5.74, 6) is -5.01. The summed E-state index contributed by atoms with van der Waals surface area (Å²) in [7, 11) is -3.41. The predicted molar refractivity (Wildman–Crippen MR) is 112 cm³/mol. The fraction of sp³-hybridized carbons (Fsp3) is 0.167. The molecule has 0 aliphatic carbocycles. The maximum atomic E-state index is 13.6. The lowest BCUT2D eigenvalue weighted by molar-refractivity contribution is 0.0697. The second-order valence-corrected chi connectivity index (χ2v) is 8.43. The van der Waals surface area contributed by atoms with Gasteiger partial charge in [0.15, 0.2) is 23.1 Å². The minimum Gasteiger partial charge on any atom is -0.478 e. The standard InChI is InChI=1S/C18H17F2N7O5S/c1-33(31,32)23-3-2-22-14-8-15(25-26-16(14)27-5-4-21-9-27)17(28)24-13-7-12(20)11(19)6-10(13)18(29)30/h4-9,23H,2-3H2,1H3,(H,22,25)(H,24,28)(H,29,30). The molecule has 0 atom stereocenters. The zero-order valence-corrected chi connectivity index (χ0v) is 17.7. The number of hydrogen-bond donors (Lipinski definition) is 4. The molecule has 0 aliphatic heterocycles. The third-order valence-corrected chi connectivity index (χ3v) is 4.83. The molecule has 1 aromatic carbocycles. The summed E-state index contributed by atoms with van der Waals surface area (Å²) >= 11 is 0. The largest absolute Gasteiger partial charge is 0.478 e. The maximum Gasteiger partial charge on any atom is 0.337 e. The fourth-order valence-corrected chi connectivity index (χ4v) is 3.12. The molecule has 2 heterocycles. The summed E-state index contributed by atoms with van der Waals surface area (Å²) < 4.78 is 53.2. The fourth-order valence-electron chi connectivity index (χ4n) is 2.65. The van der Waals surface area contributed by atoms with Crippen molar-refractivity contribution in [2.45, 2.75) is 0 Å². The first-order chi connectivity index (χ1) is 15.5. The Morgan fingerprint density at radius 1 is 1.09 bits per heavy atom. The molecule has 3 rings (SSSR count). The van der Waals surface area contributed by atoms with Crippen LogP contribution in [0.5, 0.6) is 0 Å². The van der Waals surface area contributed by atoms with Gasteiger partial charge < -0.3 is 15.7 Å². The van der Waals surface area contributed by atoms with Crippen molar-refractivity contribution in [3.05, 3.63) is 59.8 Å². The van der Waals surface area contributed by atoms with Gasteiger partial charge in [0.05, 0.1) is 23.2 Å². The number of hydrogen-bond acceptors (Lipinski definition) is 8. The normalized spacial score (nSPS) is 11.2. The Kier molecular flexibility index (Phi) is 6.93. The first-order valence-electron chi connectivity index (χ1n) is 9.13. The number of sulfonamides is 1. The van der Waals surface area contributed by atoms with Gasteiger partial charge in [-0.25, -0.2) is 31.7 Å². The monoisotopic (exact) mass is 481 g/mol. The van der Waals surface area contributed by atoms with Crippen molar-refractivity contribution in [2.75, 3.05) is 30.0 Å². The van der Waals surface area contributed by atoms with Crippen LogP contribution in [0, 0.1) is 11.6 Å². The van der Waals surface area contributed by atoms with Crippen LogP contribution in [-0.4, -0.2) is 64.5 Å². The Morgan fingerprint density at radius 3 is 2.45 bits per heavy atom. The molecule has 1 amide bonds. The molecule has 15 heteroatoms. The highest BCUT2D eigenvalue weighted by Crippen LogP contribution is 2.22. The Balaban J connectivity index is 1.88. The SMILES string of the molecule is CS(=O)(=O)NCCNc1cc(C(=O)Nc2cc(F)c(F)cc2C(=O)O)nnc1-n1ccnc1. The molecule has 2 aromatic heterocycles. The van der Waals surface area contributed by atoms with Crippen LogP contribution in [0.2, 0.25) is 0 Å². The molecule has 0 aliphatic rings. The van der Waals surface area contributed by atoms with E-state index in [-0.39, 0.29) is 30.3 Å². The number of carboxylic acid groups (broad SMARTS) is 1. The minimum absolute atomic E-state index is 0.0306. The number of carbonyl (C=O) groups excluding carboxylic acids is 1. The van der Waals surface area contributed by atoms with Crippen molar-refractivity contribution in [3.63, 3.8) is 0 Å². The van der Waals surface area contributed by atoms with Gasteiger partial charge in [0.1, 0.15) is 6.33 Å². The van der Waals surface area contributed by atoms with Gasteiger partial charge in [-0.15, -0.1) is 10.2 Å². The number of carboxylic acids is 1. The van der Waals surface area contributed by atoms with Crippen LogP contribution in [0.3, 0.4) is 0 Å². The zero-order valence-electron chi connectivity index (χ0n) is 16.9. The van der Waals surface area contributed by atoms with Gasteiger partial charge in [0.2, 0.25) is 10.0 Å². The third kappa shape index (κ3) is 6.05. The van der Waals surface area contributed by atoms with E-state index in [1.54, 1.807) is 6.20 Å². The van der Waals surface area contributed by atoms with Gasteiger partial charge in [-0.2, -0.15) is 0 Å². The number of halogens is 2. The number of aromatic nitrogens is 4. The number of rotatable bonds is 9. The Morgan fingerprint density at radius 2 is 1.82 bits per heavy atom. The number of benzene rings is 1. The molecule has 0 bridgehead atoms. The first-order valence-corrected chi connectivity index (χ1v) is 11.0. The van der Waals surface area contributed by atoms with E-state index in [4.69, 9.17) is 0 Å². The Hall–Kier alpha value is -3.98. The van der Waals surface area contributed by atoms with Gasteiger partial charge in [-0.05, 0) is 12.1 Å². The molecule has 0 unspecified atom stereocenters. The van der Waals surface area contributed by atoms with Crippen molar-refractivity contribution < 1.29 is 31.9 Å². The number of carbonyl (C=O) groups is 2. The number of aromatic carboxylic acids is 1. The van der Waals surface area contributed by atoms with E-state index < -0.39 is 44.8 Å². The lowest BCUT2D eigenvalue weighted by Gasteiger charge is -2.13. The second kappa shape index (κ2) is 9.66. The molecular weight excluding hydrogens is 464 g/mol. The summed E-state index contributed by atoms with van der Waals surface area (Å²) in [5, 5.41) is 22.0. The van der Waals surface area contributed by atoms with Gasteiger partial charge in [0.25, 0.3) is 5.91 Å². The van der Waals surface area contributed by atoms with E-state index in [0.29, 0.717) is 12.1 Å². The molecule has 0 radical (unpaired) electrons. The first kappa shape index (κ1) is 23.7. The molecule has 0 saturated carbocycles. The summed E-state index contributed by atoms with van der Waals surface area (Å²) in [6.45, 7) is 0.150. The summed E-state index contributed by atoms with van der Waals surface area (Å²) in [4.78, 5) is 27.8. The van der Waals surface area contributed by atoms with E-state index in [1.165, 1.54) is 23.2 Å². The second-order valence-electron chi connectivity index (χ2n) is 6.60. The number of nitrogens with zero attached hydrogens (tertiary/aromatic N) is 4. The van der Waals surface area contributed by atoms with Crippen molar-refractivity contribution in [3.8, 4) is 5.82 Å². The molecule has 0 saturated heterocycles. The molecule has 33 heavy (non-hydrogen) atoms. The molecule has 174 valence electrons. The van der Waals surface area contributed by atoms with Crippen LogP contribution in [0.15, 0.2) is 36.9 Å². The average molecular weight is 481 g/mol. The number of amides is 1. The van der Waals surface area contributed by atoms with E-state index >= 15 is 0 Å². The van der Waals surface area contributed by atoms with E-state index in [0.717, 1.165) is 6.26 Å². The van der Waals surface area contributed by atoms with Crippen molar-refractivity contribution in [1.29, 1.82) is 0 Å². The summed E-state index contributed by atoms with van der Waals surface area (Å²) in [6.07, 6.45) is 5.46. The average Bonchev–Trinajstić information content (AvgIpc) is 3.27. The third-order valence-electron chi connectivity index (χ3n) is 4.10. The quantitative estimate of drug-likeness (QED) is 0.324. The summed E-state index contributed by atoms with van der Waals surface area (Å²) in [6, 6.07) is 2.27. The molecule has 3 aromatic rings. The lowest BCUT2D eigenvalue weighted by atomic mass is 10.1. The number of nitrogens with one attached hydrogen (secondary N) is 3. The van der Waals surface area contributed by atoms with Crippen molar-refractivity contribution in [1.82, 2.24) is 24.5 Å². The van der Waals surface area contributed by atoms with Crippen LogP contribution in [0.25, 0.3) is 5.82 Å². The van der Waals surface area contributed by atoms with Crippen molar-refractivity contribution in [2.24, 2.45) is 0 Å². The highest BCUT2D eigenvalue weighted by atomic mass is 32.2. The Labute approximate surface area is 185 Å². The molecule has 4 N–H and O–H groups in total. The predicted octanol–water partition coefficient (Wildman–Crippen LogP) is 0.852.